The third kappa shape index (κ3) is 3.59. The molecule has 1 fully saturated rings. The molecule has 0 radical (unpaired) electrons. The number of aliphatic carboxylic acids is 1. The van der Waals surface area contributed by atoms with Crippen LogP contribution in [0.1, 0.15) is 40.9 Å². The Hall–Kier alpha value is -4.14. The van der Waals surface area contributed by atoms with Gasteiger partial charge in [0.05, 0.1) is 0 Å². The number of carbonyl (C=O) groups is 3. The predicted octanol–water partition coefficient (Wildman–Crippen LogP) is 3.97. The van der Waals surface area contributed by atoms with Gasteiger partial charge in [0.25, 0.3) is 5.91 Å². The van der Waals surface area contributed by atoms with Gasteiger partial charge in [-0.3, -0.25) is 14.9 Å². The Balaban J connectivity index is 1.19. The van der Waals surface area contributed by atoms with Gasteiger partial charge in [-0.25, -0.2) is 4.79 Å². The summed E-state index contributed by atoms with van der Waals surface area (Å²) in [4.78, 5) is 37.8. The van der Waals surface area contributed by atoms with E-state index in [-0.39, 0.29) is 37.2 Å². The van der Waals surface area contributed by atoms with Crippen LogP contribution in [0.25, 0.3) is 11.1 Å². The number of aromatic nitrogens is 1. The highest BCUT2D eigenvalue weighted by atomic mass is 16.6. The van der Waals surface area contributed by atoms with E-state index in [2.05, 4.69) is 22.6 Å². The average molecular weight is 461 g/mol. The molecule has 2 N–H and O–H groups in total. The number of amides is 2. The monoisotopic (exact) mass is 461 g/mol. The van der Waals surface area contributed by atoms with Crippen molar-refractivity contribution in [3.05, 3.63) is 71.4 Å². The molecule has 1 saturated heterocycles. The van der Waals surface area contributed by atoms with E-state index in [0.29, 0.717) is 6.42 Å². The number of carbonyl (C=O) groups excluding carboxylic acids is 2. The van der Waals surface area contributed by atoms with Gasteiger partial charge in [-0.05, 0) is 28.7 Å². The van der Waals surface area contributed by atoms with Crippen molar-refractivity contribution in [3.8, 4) is 11.1 Å². The fraction of sp³-hybridized carbons (Fsp3) is 0.280. The van der Waals surface area contributed by atoms with E-state index in [1.807, 2.05) is 36.4 Å². The Morgan fingerprint density at radius 3 is 2.32 bits per heavy atom. The van der Waals surface area contributed by atoms with Gasteiger partial charge in [-0.1, -0.05) is 60.6 Å². The van der Waals surface area contributed by atoms with Crippen LogP contribution in [0, 0.1) is 5.41 Å². The minimum atomic E-state index is -0.920. The van der Waals surface area contributed by atoms with Crippen LogP contribution < -0.4 is 5.32 Å². The molecule has 3 aromatic rings. The summed E-state index contributed by atoms with van der Waals surface area (Å²) in [5.41, 5.74) is 3.54. The fourth-order valence-electron chi connectivity index (χ4n) is 4.67. The molecule has 0 bridgehead atoms. The first-order valence-corrected chi connectivity index (χ1v) is 11.0. The number of hydrogen-bond acceptors (Lipinski definition) is 6. The van der Waals surface area contributed by atoms with E-state index in [4.69, 9.17) is 9.26 Å². The van der Waals surface area contributed by atoms with Gasteiger partial charge in [0.2, 0.25) is 5.88 Å². The second-order valence-electron chi connectivity index (χ2n) is 8.63. The van der Waals surface area contributed by atoms with Crippen molar-refractivity contribution in [2.24, 2.45) is 5.41 Å². The highest BCUT2D eigenvalue weighted by Crippen LogP contribution is 2.44. The second-order valence-corrected chi connectivity index (χ2v) is 8.63. The van der Waals surface area contributed by atoms with Crippen LogP contribution in [0.4, 0.5) is 10.7 Å². The molecule has 1 aliphatic carbocycles. The summed E-state index contributed by atoms with van der Waals surface area (Å²) in [5, 5.41) is 15.5. The van der Waals surface area contributed by atoms with Crippen LogP contribution in [0.15, 0.2) is 59.1 Å². The molecular formula is C25H23N3O6. The summed E-state index contributed by atoms with van der Waals surface area (Å²) in [6.45, 7) is 2.14. The Kier molecular flexibility index (Phi) is 5.31. The summed E-state index contributed by atoms with van der Waals surface area (Å²) in [6.07, 6.45) is -0.295. The molecule has 0 unspecified atom stereocenters. The molecule has 2 aromatic carbocycles. The first kappa shape index (κ1) is 21.7. The molecule has 1 aliphatic heterocycles. The van der Waals surface area contributed by atoms with Crippen LogP contribution in [-0.4, -0.2) is 52.8 Å². The number of benzene rings is 2. The molecule has 174 valence electrons. The molecule has 9 nitrogen and oxygen atoms in total. The third-order valence-electron chi connectivity index (χ3n) is 6.70. The molecule has 2 amide bonds. The van der Waals surface area contributed by atoms with Crippen molar-refractivity contribution in [1.82, 2.24) is 10.1 Å². The van der Waals surface area contributed by atoms with E-state index in [0.717, 1.165) is 22.3 Å². The number of anilines is 1. The van der Waals surface area contributed by atoms with Crippen molar-refractivity contribution in [1.29, 1.82) is 0 Å². The maximum atomic E-state index is 12.6. The van der Waals surface area contributed by atoms with E-state index < -0.39 is 23.4 Å². The van der Waals surface area contributed by atoms with Crippen LogP contribution in [0.3, 0.4) is 0 Å². The first-order chi connectivity index (χ1) is 16.4. The summed E-state index contributed by atoms with van der Waals surface area (Å²) in [6, 6.07) is 17.4. The lowest BCUT2D eigenvalue weighted by atomic mass is 9.77. The topological polar surface area (TPSA) is 122 Å². The highest BCUT2D eigenvalue weighted by molar-refractivity contribution is 5.95. The number of rotatable bonds is 6. The van der Waals surface area contributed by atoms with Crippen molar-refractivity contribution >= 4 is 23.9 Å². The lowest BCUT2D eigenvalue weighted by molar-refractivity contribution is -0.158. The molecule has 2 aliphatic rings. The van der Waals surface area contributed by atoms with Crippen molar-refractivity contribution in [3.63, 3.8) is 0 Å². The van der Waals surface area contributed by atoms with Gasteiger partial charge in [0, 0.05) is 25.1 Å². The molecule has 0 atom stereocenters. The maximum Gasteiger partial charge on any atom is 0.414 e. The predicted molar refractivity (Wildman–Crippen MR) is 121 cm³/mol. The van der Waals surface area contributed by atoms with Crippen molar-refractivity contribution < 1.29 is 28.8 Å². The van der Waals surface area contributed by atoms with Crippen LogP contribution in [0.2, 0.25) is 0 Å². The van der Waals surface area contributed by atoms with Gasteiger partial charge in [0.1, 0.15) is 12.0 Å². The molecule has 0 saturated carbocycles. The number of fused-ring (bicyclic) bond motifs is 3. The molecule has 34 heavy (non-hydrogen) atoms. The van der Waals surface area contributed by atoms with E-state index in [1.54, 1.807) is 6.92 Å². The SMILES string of the molecule is CCC1(C(=O)O)CN(C(=O)c2cc(NC(=O)OCC3c4ccccc4-c4ccccc43)on2)C1. The average Bonchev–Trinajstić information content (AvgIpc) is 3.40. The molecule has 1 aromatic heterocycles. The summed E-state index contributed by atoms with van der Waals surface area (Å²) in [7, 11) is 0. The Bertz CT molecular complexity index is 1230. The van der Waals surface area contributed by atoms with Crippen molar-refractivity contribution in [2.45, 2.75) is 19.3 Å². The summed E-state index contributed by atoms with van der Waals surface area (Å²) in [5.74, 6) is -1.47. The number of nitrogens with zero attached hydrogens (tertiary/aromatic N) is 2. The number of hydrogen-bond donors (Lipinski definition) is 2. The van der Waals surface area contributed by atoms with Crippen LogP contribution in [-0.2, 0) is 9.53 Å². The molecule has 9 heteroatoms. The van der Waals surface area contributed by atoms with Gasteiger partial charge < -0.3 is 19.3 Å². The van der Waals surface area contributed by atoms with E-state index in [9.17, 15) is 19.5 Å². The fourth-order valence-corrected chi connectivity index (χ4v) is 4.67. The lowest BCUT2D eigenvalue weighted by Crippen LogP contribution is -2.61. The normalized spacial score (nSPS) is 15.7. The summed E-state index contributed by atoms with van der Waals surface area (Å²) < 4.78 is 10.5. The largest absolute Gasteiger partial charge is 0.481 e. The van der Waals surface area contributed by atoms with Gasteiger partial charge in [0.15, 0.2) is 5.69 Å². The van der Waals surface area contributed by atoms with Gasteiger partial charge in [-0.2, -0.15) is 0 Å². The number of likely N-dealkylation sites (tertiary alicyclic amines) is 1. The minimum absolute atomic E-state index is 0.0101. The van der Waals surface area contributed by atoms with Crippen LogP contribution >= 0.6 is 0 Å². The smallest absolute Gasteiger partial charge is 0.414 e. The Labute approximate surface area is 195 Å². The van der Waals surface area contributed by atoms with Crippen molar-refractivity contribution in [2.75, 3.05) is 25.0 Å². The Morgan fingerprint density at radius 1 is 1.12 bits per heavy atom. The number of carboxylic acids is 1. The lowest BCUT2D eigenvalue weighted by Gasteiger charge is -2.46. The van der Waals surface area contributed by atoms with Gasteiger partial charge >= 0.3 is 12.1 Å². The second kappa shape index (κ2) is 8.33. The highest BCUT2D eigenvalue weighted by Gasteiger charge is 2.50. The number of carboxylic acid groups (broad SMARTS) is 1. The zero-order valence-corrected chi connectivity index (χ0v) is 18.5. The maximum absolute atomic E-state index is 12.6. The molecule has 5 rings (SSSR count). The zero-order chi connectivity index (χ0) is 23.9. The third-order valence-corrected chi connectivity index (χ3v) is 6.70. The van der Waals surface area contributed by atoms with E-state index >= 15 is 0 Å². The number of nitrogens with one attached hydrogen (secondary N) is 1. The quantitative estimate of drug-likeness (QED) is 0.569. The Morgan fingerprint density at radius 2 is 1.74 bits per heavy atom. The molecule has 2 heterocycles. The first-order valence-electron chi connectivity index (χ1n) is 11.0. The van der Waals surface area contributed by atoms with Crippen LogP contribution in [0.5, 0.6) is 0 Å². The molecular weight excluding hydrogens is 438 g/mol. The molecule has 0 spiro atoms. The summed E-state index contributed by atoms with van der Waals surface area (Å²) >= 11 is 0. The van der Waals surface area contributed by atoms with E-state index in [1.165, 1.54) is 11.0 Å². The van der Waals surface area contributed by atoms with Gasteiger partial charge in [-0.15, -0.1) is 0 Å². The number of ether oxygens (including phenoxy) is 1. The zero-order valence-electron chi connectivity index (χ0n) is 18.5. The minimum Gasteiger partial charge on any atom is -0.481 e. The standard InChI is InChI=1S/C25H23N3O6/c1-2-25(23(30)31)13-28(14-25)22(29)20-11-21(34-27-20)26-24(32)33-12-19-17-9-5-3-7-15(17)16-8-4-6-10-18(16)19/h3-11,19H,2,12-14H2,1H3,(H,26,32)(H,30,31).